The maximum atomic E-state index is 12.3. The van der Waals surface area contributed by atoms with E-state index in [1.807, 2.05) is 24.3 Å². The standard InChI is InChI=1S/C13H11N3O3/c17-11-6-16(7-12(18)15-11)13(19)9-5-14-10-4-2-1-3-8(9)10/h1-5,14H,6-7H2,(H,15,17,18). The second kappa shape index (κ2) is 4.24. The zero-order valence-electron chi connectivity index (χ0n) is 9.97. The first-order valence-corrected chi connectivity index (χ1v) is 5.83. The van der Waals surface area contributed by atoms with Crippen molar-refractivity contribution in [3.8, 4) is 0 Å². The summed E-state index contributed by atoms with van der Waals surface area (Å²) in [4.78, 5) is 39.2. The van der Waals surface area contributed by atoms with Crippen molar-refractivity contribution in [3.05, 3.63) is 36.0 Å². The number of aromatic amines is 1. The smallest absolute Gasteiger partial charge is 0.256 e. The molecule has 3 rings (SSSR count). The number of hydrogen-bond donors (Lipinski definition) is 2. The third-order valence-corrected chi connectivity index (χ3v) is 3.05. The van der Waals surface area contributed by atoms with E-state index in [0.29, 0.717) is 5.56 Å². The van der Waals surface area contributed by atoms with Crippen molar-refractivity contribution in [2.45, 2.75) is 0 Å². The molecule has 1 aromatic heterocycles. The first-order valence-electron chi connectivity index (χ1n) is 5.83. The number of nitrogens with zero attached hydrogens (tertiary/aromatic N) is 1. The molecule has 0 unspecified atom stereocenters. The molecule has 1 aromatic carbocycles. The van der Waals surface area contributed by atoms with Gasteiger partial charge in [-0.3, -0.25) is 19.7 Å². The fourth-order valence-corrected chi connectivity index (χ4v) is 2.20. The topological polar surface area (TPSA) is 82.3 Å². The van der Waals surface area contributed by atoms with Crippen LogP contribution in [0, 0.1) is 0 Å². The van der Waals surface area contributed by atoms with Gasteiger partial charge in [-0.1, -0.05) is 18.2 Å². The molecule has 0 atom stereocenters. The van der Waals surface area contributed by atoms with Crippen LogP contribution in [0.1, 0.15) is 10.4 Å². The largest absolute Gasteiger partial charge is 0.360 e. The molecule has 19 heavy (non-hydrogen) atoms. The molecule has 0 saturated carbocycles. The summed E-state index contributed by atoms with van der Waals surface area (Å²) in [6.07, 6.45) is 1.60. The summed E-state index contributed by atoms with van der Waals surface area (Å²) in [5.74, 6) is -1.23. The van der Waals surface area contributed by atoms with E-state index >= 15 is 0 Å². The minimum Gasteiger partial charge on any atom is -0.360 e. The highest BCUT2D eigenvalue weighted by Crippen LogP contribution is 2.19. The van der Waals surface area contributed by atoms with Crippen molar-refractivity contribution in [3.63, 3.8) is 0 Å². The highest BCUT2D eigenvalue weighted by Gasteiger charge is 2.28. The van der Waals surface area contributed by atoms with Crippen molar-refractivity contribution in [2.24, 2.45) is 0 Å². The minimum atomic E-state index is -0.454. The van der Waals surface area contributed by atoms with Crippen LogP contribution in [0.2, 0.25) is 0 Å². The molecule has 3 amide bonds. The van der Waals surface area contributed by atoms with E-state index in [4.69, 9.17) is 0 Å². The number of nitrogens with one attached hydrogen (secondary N) is 2. The average Bonchev–Trinajstić information content (AvgIpc) is 2.80. The van der Waals surface area contributed by atoms with Crippen LogP contribution in [-0.4, -0.2) is 40.7 Å². The van der Waals surface area contributed by atoms with Crippen molar-refractivity contribution >= 4 is 28.6 Å². The van der Waals surface area contributed by atoms with Gasteiger partial charge in [-0.2, -0.15) is 0 Å². The molecule has 96 valence electrons. The molecule has 2 N–H and O–H groups in total. The fourth-order valence-electron chi connectivity index (χ4n) is 2.20. The Bertz CT molecular complexity index is 673. The second-order valence-electron chi connectivity index (χ2n) is 4.38. The maximum absolute atomic E-state index is 12.3. The van der Waals surface area contributed by atoms with Crippen LogP contribution in [-0.2, 0) is 9.59 Å². The number of benzene rings is 1. The zero-order chi connectivity index (χ0) is 13.4. The van der Waals surface area contributed by atoms with E-state index < -0.39 is 11.8 Å². The van der Waals surface area contributed by atoms with Gasteiger partial charge in [0.05, 0.1) is 5.56 Å². The van der Waals surface area contributed by atoms with Crippen LogP contribution >= 0.6 is 0 Å². The Morgan fingerprint density at radius 1 is 1.11 bits per heavy atom. The van der Waals surface area contributed by atoms with Gasteiger partial charge >= 0.3 is 0 Å². The summed E-state index contributed by atoms with van der Waals surface area (Å²) in [6, 6.07) is 7.39. The third kappa shape index (κ3) is 1.97. The van der Waals surface area contributed by atoms with Crippen LogP contribution in [0.25, 0.3) is 10.9 Å². The fraction of sp³-hybridized carbons (Fsp3) is 0.154. The number of piperazine rings is 1. The Morgan fingerprint density at radius 2 is 1.79 bits per heavy atom. The van der Waals surface area contributed by atoms with Gasteiger partial charge < -0.3 is 9.88 Å². The molecule has 1 fully saturated rings. The molecule has 2 heterocycles. The number of carbonyl (C=O) groups excluding carboxylic acids is 3. The normalized spacial score (nSPS) is 15.7. The molecule has 1 saturated heterocycles. The second-order valence-corrected chi connectivity index (χ2v) is 4.38. The highest BCUT2D eigenvalue weighted by atomic mass is 16.2. The molecule has 1 aliphatic heterocycles. The van der Waals surface area contributed by atoms with E-state index in [9.17, 15) is 14.4 Å². The van der Waals surface area contributed by atoms with Gasteiger partial charge in [0.15, 0.2) is 0 Å². The van der Waals surface area contributed by atoms with Crippen molar-refractivity contribution in [2.75, 3.05) is 13.1 Å². The lowest BCUT2D eigenvalue weighted by atomic mass is 10.1. The van der Waals surface area contributed by atoms with E-state index in [2.05, 4.69) is 10.3 Å². The van der Waals surface area contributed by atoms with Gasteiger partial charge in [0.25, 0.3) is 5.91 Å². The lowest BCUT2D eigenvalue weighted by molar-refractivity contribution is -0.135. The summed E-state index contributed by atoms with van der Waals surface area (Å²) in [7, 11) is 0. The average molecular weight is 257 g/mol. The third-order valence-electron chi connectivity index (χ3n) is 3.05. The van der Waals surface area contributed by atoms with Gasteiger partial charge in [-0.25, -0.2) is 0 Å². The number of aromatic nitrogens is 1. The maximum Gasteiger partial charge on any atom is 0.256 e. The molecule has 0 spiro atoms. The Morgan fingerprint density at radius 3 is 2.53 bits per heavy atom. The van der Waals surface area contributed by atoms with Gasteiger partial charge in [-0.15, -0.1) is 0 Å². The van der Waals surface area contributed by atoms with E-state index in [0.717, 1.165) is 10.9 Å². The Labute approximate surface area is 108 Å². The van der Waals surface area contributed by atoms with Crippen LogP contribution in [0.4, 0.5) is 0 Å². The molecule has 0 radical (unpaired) electrons. The summed E-state index contributed by atoms with van der Waals surface area (Å²) in [5, 5.41) is 2.95. The first kappa shape index (κ1) is 11.5. The molecule has 1 aliphatic rings. The molecule has 2 aromatic rings. The van der Waals surface area contributed by atoms with Crippen molar-refractivity contribution in [1.82, 2.24) is 15.2 Å². The van der Waals surface area contributed by atoms with Crippen LogP contribution < -0.4 is 5.32 Å². The van der Waals surface area contributed by atoms with E-state index in [1.165, 1.54) is 4.90 Å². The van der Waals surface area contributed by atoms with Gasteiger partial charge in [0, 0.05) is 17.1 Å². The van der Waals surface area contributed by atoms with Crippen LogP contribution in [0.3, 0.4) is 0 Å². The van der Waals surface area contributed by atoms with Gasteiger partial charge in [-0.05, 0) is 6.07 Å². The number of amides is 3. The Hall–Kier alpha value is -2.63. The number of para-hydroxylation sites is 1. The van der Waals surface area contributed by atoms with E-state index in [-0.39, 0.29) is 19.0 Å². The van der Waals surface area contributed by atoms with Crippen molar-refractivity contribution in [1.29, 1.82) is 0 Å². The molecule has 0 aliphatic carbocycles. The number of carbonyl (C=O) groups is 3. The molecular formula is C13H11N3O3. The molecule has 0 bridgehead atoms. The lowest BCUT2D eigenvalue weighted by Crippen LogP contribution is -2.53. The van der Waals surface area contributed by atoms with Crippen LogP contribution in [0.5, 0.6) is 0 Å². The van der Waals surface area contributed by atoms with Crippen molar-refractivity contribution < 1.29 is 14.4 Å². The number of imide groups is 1. The van der Waals surface area contributed by atoms with Gasteiger partial charge in [0.2, 0.25) is 11.8 Å². The van der Waals surface area contributed by atoms with Gasteiger partial charge in [0.1, 0.15) is 13.1 Å². The monoisotopic (exact) mass is 257 g/mol. The molecule has 6 heteroatoms. The zero-order valence-corrected chi connectivity index (χ0v) is 9.97. The Balaban J connectivity index is 1.95. The summed E-state index contributed by atoms with van der Waals surface area (Å²) in [6.45, 7) is -0.186. The number of hydrogen-bond acceptors (Lipinski definition) is 3. The predicted molar refractivity (Wildman–Crippen MR) is 67.4 cm³/mol. The summed E-state index contributed by atoms with van der Waals surface area (Å²) >= 11 is 0. The summed E-state index contributed by atoms with van der Waals surface area (Å²) < 4.78 is 0. The predicted octanol–water partition coefficient (Wildman–Crippen LogP) is 0.267. The highest BCUT2D eigenvalue weighted by molar-refractivity contribution is 6.10. The minimum absolute atomic E-state index is 0.0932. The number of rotatable bonds is 1. The Kier molecular flexibility index (Phi) is 2.56. The molecule has 6 nitrogen and oxygen atoms in total. The lowest BCUT2D eigenvalue weighted by Gasteiger charge is -2.25. The molecular weight excluding hydrogens is 246 g/mol. The quantitative estimate of drug-likeness (QED) is 0.719. The first-order chi connectivity index (χ1) is 9.15. The number of fused-ring (bicyclic) bond motifs is 1. The van der Waals surface area contributed by atoms with Crippen LogP contribution in [0.15, 0.2) is 30.5 Å². The van der Waals surface area contributed by atoms with E-state index in [1.54, 1.807) is 6.20 Å². The number of H-pyrrole nitrogens is 1. The summed E-state index contributed by atoms with van der Waals surface area (Å²) in [5.41, 5.74) is 1.32. The SMILES string of the molecule is O=C1CN(C(=O)c2c[nH]c3ccccc23)CC(=O)N1.